The molecule has 188 valence electrons. The Morgan fingerprint density at radius 2 is 1.68 bits per heavy atom. The van der Waals surface area contributed by atoms with Gasteiger partial charge in [0.1, 0.15) is 10.7 Å². The standard InChI is InChI=1S/C25H35FN2O5S/c1-4-28(5-2)34(31,32)22-11-20(6-7-21(22)26)24(30)33-15-23(29)27-16(3)25-12-17-8-18(13-25)10-19(9-17)14-25/h6-7,11,16-19H,4-5,8-10,12-15H2,1-3H3,(H,27,29). The Bertz CT molecular complexity index is 1020. The highest BCUT2D eigenvalue weighted by Crippen LogP contribution is 2.61. The zero-order valence-electron chi connectivity index (χ0n) is 20.2. The van der Waals surface area contributed by atoms with Gasteiger partial charge < -0.3 is 10.1 Å². The average Bonchev–Trinajstić information content (AvgIpc) is 2.77. The number of ether oxygens (including phenoxy) is 1. The summed E-state index contributed by atoms with van der Waals surface area (Å²) in [5.74, 6) is 0.116. The number of carbonyl (C=O) groups excluding carboxylic acids is 2. The lowest BCUT2D eigenvalue weighted by atomic mass is 9.48. The number of sulfonamides is 1. The van der Waals surface area contributed by atoms with Crippen LogP contribution in [0.25, 0.3) is 0 Å². The van der Waals surface area contributed by atoms with Crippen LogP contribution in [-0.2, 0) is 19.6 Å². The molecule has 9 heteroatoms. The fourth-order valence-electron chi connectivity index (χ4n) is 6.89. The maximum atomic E-state index is 14.3. The van der Waals surface area contributed by atoms with Crippen molar-refractivity contribution in [2.75, 3.05) is 19.7 Å². The molecular weight excluding hydrogens is 459 g/mol. The molecule has 0 spiro atoms. The predicted molar refractivity (Wildman–Crippen MR) is 125 cm³/mol. The monoisotopic (exact) mass is 494 g/mol. The molecule has 1 N–H and O–H groups in total. The second-order valence-electron chi connectivity index (χ2n) is 10.4. The summed E-state index contributed by atoms with van der Waals surface area (Å²) in [6.07, 6.45) is 7.42. The van der Waals surface area contributed by atoms with E-state index >= 15 is 0 Å². The molecule has 1 aromatic carbocycles. The van der Waals surface area contributed by atoms with Crippen molar-refractivity contribution in [3.05, 3.63) is 29.6 Å². The van der Waals surface area contributed by atoms with E-state index in [4.69, 9.17) is 4.74 Å². The molecule has 0 radical (unpaired) electrons. The third-order valence-corrected chi connectivity index (χ3v) is 10.3. The van der Waals surface area contributed by atoms with E-state index in [1.165, 1.54) is 19.3 Å². The Balaban J connectivity index is 1.37. The summed E-state index contributed by atoms with van der Waals surface area (Å²) < 4.78 is 46.0. The summed E-state index contributed by atoms with van der Waals surface area (Å²) in [5.41, 5.74) is 0.0214. The lowest BCUT2D eigenvalue weighted by Crippen LogP contribution is -2.56. The molecule has 4 aliphatic carbocycles. The number of nitrogens with one attached hydrogen (secondary N) is 1. The van der Waals surface area contributed by atoms with Crippen molar-refractivity contribution in [2.45, 2.75) is 70.2 Å². The van der Waals surface area contributed by atoms with Crippen molar-refractivity contribution < 1.29 is 27.1 Å². The maximum Gasteiger partial charge on any atom is 0.338 e. The van der Waals surface area contributed by atoms with Crippen molar-refractivity contribution in [3.8, 4) is 0 Å². The van der Waals surface area contributed by atoms with Gasteiger partial charge in [-0.3, -0.25) is 4.79 Å². The average molecular weight is 495 g/mol. The summed E-state index contributed by atoms with van der Waals surface area (Å²) in [4.78, 5) is 24.5. The number of amides is 1. The number of carbonyl (C=O) groups is 2. The van der Waals surface area contributed by atoms with E-state index in [0.29, 0.717) is 0 Å². The highest BCUT2D eigenvalue weighted by Gasteiger charge is 2.53. The van der Waals surface area contributed by atoms with Crippen molar-refractivity contribution in [1.82, 2.24) is 9.62 Å². The molecule has 0 aliphatic heterocycles. The van der Waals surface area contributed by atoms with Crippen LogP contribution in [0.4, 0.5) is 4.39 Å². The first-order chi connectivity index (χ1) is 16.1. The van der Waals surface area contributed by atoms with Gasteiger partial charge in [0, 0.05) is 19.1 Å². The van der Waals surface area contributed by atoms with Gasteiger partial charge in [-0.2, -0.15) is 4.31 Å². The van der Waals surface area contributed by atoms with Gasteiger partial charge in [-0.1, -0.05) is 13.8 Å². The van der Waals surface area contributed by atoms with Crippen LogP contribution in [0.5, 0.6) is 0 Å². The normalized spacial score (nSPS) is 28.7. The van der Waals surface area contributed by atoms with Gasteiger partial charge in [-0.05, 0) is 86.8 Å². The summed E-state index contributed by atoms with van der Waals surface area (Å²) in [6.45, 7) is 5.24. The molecule has 4 aliphatic rings. The van der Waals surface area contributed by atoms with Crippen LogP contribution < -0.4 is 5.32 Å². The molecule has 1 aromatic rings. The van der Waals surface area contributed by atoms with Crippen LogP contribution in [0.3, 0.4) is 0 Å². The second-order valence-corrected chi connectivity index (χ2v) is 12.3. The number of hydrogen-bond acceptors (Lipinski definition) is 5. The van der Waals surface area contributed by atoms with Crippen molar-refractivity contribution in [2.24, 2.45) is 23.2 Å². The highest BCUT2D eigenvalue weighted by atomic mass is 32.2. The smallest absolute Gasteiger partial charge is 0.338 e. The van der Waals surface area contributed by atoms with Gasteiger partial charge in [-0.25, -0.2) is 17.6 Å². The first-order valence-electron chi connectivity index (χ1n) is 12.3. The first-order valence-corrected chi connectivity index (χ1v) is 13.8. The largest absolute Gasteiger partial charge is 0.452 e. The van der Waals surface area contributed by atoms with E-state index in [0.717, 1.165) is 59.5 Å². The Labute approximate surface area is 201 Å². The van der Waals surface area contributed by atoms with Gasteiger partial charge in [0.25, 0.3) is 5.91 Å². The number of nitrogens with zero attached hydrogens (tertiary/aromatic N) is 1. The quantitative estimate of drug-likeness (QED) is 0.528. The third kappa shape index (κ3) is 4.73. The van der Waals surface area contributed by atoms with E-state index in [9.17, 15) is 22.4 Å². The Morgan fingerprint density at radius 1 is 1.12 bits per heavy atom. The van der Waals surface area contributed by atoms with Crippen LogP contribution in [0.2, 0.25) is 0 Å². The van der Waals surface area contributed by atoms with E-state index in [1.807, 2.05) is 0 Å². The van der Waals surface area contributed by atoms with Crippen LogP contribution >= 0.6 is 0 Å². The number of esters is 1. The summed E-state index contributed by atoms with van der Waals surface area (Å²) >= 11 is 0. The zero-order valence-corrected chi connectivity index (χ0v) is 21.0. The molecule has 7 nitrogen and oxygen atoms in total. The van der Waals surface area contributed by atoms with Gasteiger partial charge in [0.05, 0.1) is 5.56 Å². The topological polar surface area (TPSA) is 92.8 Å². The SMILES string of the molecule is CCN(CC)S(=O)(=O)c1cc(C(=O)OCC(=O)NC(C)C23CC4CC(CC(C4)C2)C3)ccc1F. The molecule has 4 bridgehead atoms. The minimum Gasteiger partial charge on any atom is -0.452 e. The van der Waals surface area contributed by atoms with Gasteiger partial charge in [0.2, 0.25) is 10.0 Å². The Kier molecular flexibility index (Phi) is 7.06. The number of hydrogen-bond donors (Lipinski definition) is 1. The predicted octanol–water partition coefficient (Wildman–Crippen LogP) is 3.73. The molecule has 34 heavy (non-hydrogen) atoms. The fourth-order valence-corrected chi connectivity index (χ4v) is 8.44. The lowest BCUT2D eigenvalue weighted by molar-refractivity contribution is -0.128. The maximum absolute atomic E-state index is 14.3. The first kappa shape index (κ1) is 25.1. The third-order valence-electron chi connectivity index (χ3n) is 8.21. The highest BCUT2D eigenvalue weighted by molar-refractivity contribution is 7.89. The van der Waals surface area contributed by atoms with Crippen LogP contribution in [0, 0.1) is 29.0 Å². The van der Waals surface area contributed by atoms with Gasteiger partial charge >= 0.3 is 5.97 Å². The van der Waals surface area contributed by atoms with Crippen LogP contribution in [-0.4, -0.2) is 50.3 Å². The van der Waals surface area contributed by atoms with E-state index in [2.05, 4.69) is 12.2 Å². The molecule has 1 amide bonds. The molecule has 5 rings (SSSR count). The Hall–Kier alpha value is -2.00. The molecule has 0 aromatic heterocycles. The van der Waals surface area contributed by atoms with Crippen LogP contribution in [0.1, 0.15) is 69.7 Å². The minimum absolute atomic E-state index is 0.00346. The van der Waals surface area contributed by atoms with Crippen molar-refractivity contribution >= 4 is 21.9 Å². The van der Waals surface area contributed by atoms with E-state index < -0.39 is 33.3 Å². The fraction of sp³-hybridized carbons (Fsp3) is 0.680. The van der Waals surface area contributed by atoms with E-state index in [1.54, 1.807) is 13.8 Å². The van der Waals surface area contributed by atoms with E-state index in [-0.39, 0.29) is 36.0 Å². The van der Waals surface area contributed by atoms with Gasteiger partial charge in [-0.15, -0.1) is 0 Å². The zero-order chi connectivity index (χ0) is 24.7. The molecule has 0 saturated heterocycles. The van der Waals surface area contributed by atoms with Crippen molar-refractivity contribution in [1.29, 1.82) is 0 Å². The molecule has 4 fully saturated rings. The van der Waals surface area contributed by atoms with Crippen molar-refractivity contribution in [3.63, 3.8) is 0 Å². The molecule has 0 heterocycles. The van der Waals surface area contributed by atoms with Crippen LogP contribution in [0.15, 0.2) is 23.1 Å². The Morgan fingerprint density at radius 3 is 2.21 bits per heavy atom. The van der Waals surface area contributed by atoms with Gasteiger partial charge in [0.15, 0.2) is 6.61 Å². The summed E-state index contributed by atoms with van der Waals surface area (Å²) in [6, 6.07) is 3.07. The number of benzene rings is 1. The molecule has 1 unspecified atom stereocenters. The summed E-state index contributed by atoms with van der Waals surface area (Å²) in [5, 5.41) is 3.04. The molecule has 4 saturated carbocycles. The molecular formula is C25H35FN2O5S. The summed E-state index contributed by atoms with van der Waals surface area (Å²) in [7, 11) is -4.09. The minimum atomic E-state index is -4.09. The number of rotatable bonds is 9. The lowest BCUT2D eigenvalue weighted by Gasteiger charge is -2.59. The second kappa shape index (κ2) is 9.57. The number of halogens is 1. The molecule has 1 atom stereocenters.